The maximum absolute atomic E-state index is 2.41. The summed E-state index contributed by atoms with van der Waals surface area (Å²) < 4.78 is 0. The number of allylic oxidation sites excluding steroid dienone is 6. The lowest BCUT2D eigenvalue weighted by Gasteiger charge is -2.23. The van der Waals surface area contributed by atoms with Crippen molar-refractivity contribution in [3.05, 3.63) is 143 Å². The lowest BCUT2D eigenvalue weighted by atomic mass is 9.80. The number of aryl methyl sites for hydroxylation is 1. The van der Waals surface area contributed by atoms with Crippen LogP contribution >= 0.6 is 0 Å². The Morgan fingerprint density at radius 1 is 0.564 bits per heavy atom. The molecule has 5 aromatic carbocycles. The minimum atomic E-state index is 1.00. The third kappa shape index (κ3) is 3.67. The molecular formula is C39H30. The Bertz CT molecular complexity index is 1920. The van der Waals surface area contributed by atoms with Crippen LogP contribution in [0.3, 0.4) is 0 Å². The van der Waals surface area contributed by atoms with Gasteiger partial charge in [0, 0.05) is 0 Å². The van der Waals surface area contributed by atoms with Crippen LogP contribution in [0, 0.1) is 0 Å². The lowest BCUT2D eigenvalue weighted by molar-refractivity contribution is 0.986. The number of rotatable bonds is 3. The molecular weight excluding hydrogens is 468 g/mol. The SMILES string of the molecule is C1=Cc2cc(-c3c4c(c(C5=CC=C(c6cccc7ccccc67)CC5)c5ccccc35)CC=C4)ccc2CC1. The molecule has 0 atom stereocenters. The predicted octanol–water partition coefficient (Wildman–Crippen LogP) is 10.4. The van der Waals surface area contributed by atoms with Gasteiger partial charge in [0.1, 0.15) is 0 Å². The summed E-state index contributed by atoms with van der Waals surface area (Å²) in [6.45, 7) is 0. The van der Waals surface area contributed by atoms with Gasteiger partial charge in [0.2, 0.25) is 0 Å². The van der Waals surface area contributed by atoms with Crippen LogP contribution in [0.2, 0.25) is 0 Å². The number of benzene rings is 5. The Kier molecular flexibility index (Phi) is 5.26. The summed E-state index contributed by atoms with van der Waals surface area (Å²) in [5.41, 5.74) is 14.2. The summed E-state index contributed by atoms with van der Waals surface area (Å²) in [4.78, 5) is 0. The van der Waals surface area contributed by atoms with Crippen molar-refractivity contribution in [2.75, 3.05) is 0 Å². The first-order chi connectivity index (χ1) is 19.3. The molecule has 0 heterocycles. The molecule has 0 saturated heterocycles. The first-order valence-electron chi connectivity index (χ1n) is 14.3. The highest BCUT2D eigenvalue weighted by molar-refractivity contribution is 6.09. The van der Waals surface area contributed by atoms with E-state index >= 15 is 0 Å². The fourth-order valence-electron chi connectivity index (χ4n) is 7.04. The number of fused-ring (bicyclic) bond motifs is 4. The summed E-state index contributed by atoms with van der Waals surface area (Å²) in [7, 11) is 0. The van der Waals surface area contributed by atoms with E-state index < -0.39 is 0 Å². The summed E-state index contributed by atoms with van der Waals surface area (Å²) in [6.07, 6.45) is 19.6. The molecule has 0 saturated carbocycles. The zero-order chi connectivity index (χ0) is 25.8. The molecule has 0 aliphatic heterocycles. The molecule has 0 heteroatoms. The van der Waals surface area contributed by atoms with Crippen LogP contribution in [-0.2, 0) is 12.8 Å². The molecule has 0 radical (unpaired) electrons. The van der Waals surface area contributed by atoms with Crippen LogP contribution in [0.1, 0.15) is 52.6 Å². The molecule has 8 rings (SSSR count). The van der Waals surface area contributed by atoms with E-state index in [4.69, 9.17) is 0 Å². The third-order valence-electron chi connectivity index (χ3n) is 8.89. The van der Waals surface area contributed by atoms with Gasteiger partial charge in [-0.2, -0.15) is 0 Å². The topological polar surface area (TPSA) is 0 Å². The van der Waals surface area contributed by atoms with Crippen molar-refractivity contribution < 1.29 is 0 Å². The van der Waals surface area contributed by atoms with E-state index in [0.717, 1.165) is 32.1 Å². The van der Waals surface area contributed by atoms with Crippen molar-refractivity contribution in [1.29, 1.82) is 0 Å². The van der Waals surface area contributed by atoms with Gasteiger partial charge in [-0.25, -0.2) is 0 Å². The zero-order valence-corrected chi connectivity index (χ0v) is 22.1. The van der Waals surface area contributed by atoms with E-state index in [1.807, 2.05) is 0 Å². The second-order valence-corrected chi connectivity index (χ2v) is 11.1. The molecule has 0 N–H and O–H groups in total. The van der Waals surface area contributed by atoms with Crippen molar-refractivity contribution in [3.63, 3.8) is 0 Å². The van der Waals surface area contributed by atoms with Crippen LogP contribution in [0.5, 0.6) is 0 Å². The Labute approximate surface area is 230 Å². The molecule has 39 heavy (non-hydrogen) atoms. The number of hydrogen-bond donors (Lipinski definition) is 0. The largest absolute Gasteiger partial charge is 0.0836 e. The zero-order valence-electron chi connectivity index (χ0n) is 22.1. The fraction of sp³-hybridized carbons (Fsp3) is 0.128. The average molecular weight is 499 g/mol. The van der Waals surface area contributed by atoms with Crippen molar-refractivity contribution in [2.45, 2.75) is 32.1 Å². The quantitative estimate of drug-likeness (QED) is 0.232. The second-order valence-electron chi connectivity index (χ2n) is 11.1. The highest BCUT2D eigenvalue weighted by Gasteiger charge is 2.24. The highest BCUT2D eigenvalue weighted by atomic mass is 14.3. The van der Waals surface area contributed by atoms with E-state index in [9.17, 15) is 0 Å². The fourth-order valence-corrected chi connectivity index (χ4v) is 7.04. The van der Waals surface area contributed by atoms with Gasteiger partial charge in [0.15, 0.2) is 0 Å². The van der Waals surface area contributed by atoms with Crippen LogP contribution in [0.15, 0.2) is 109 Å². The normalized spacial score (nSPS) is 15.8. The first-order valence-corrected chi connectivity index (χ1v) is 14.3. The number of hydrogen-bond acceptors (Lipinski definition) is 0. The minimum Gasteiger partial charge on any atom is -0.0836 e. The van der Waals surface area contributed by atoms with Crippen LogP contribution in [0.4, 0.5) is 0 Å². The third-order valence-corrected chi connectivity index (χ3v) is 8.89. The average Bonchev–Trinajstić information content (AvgIpc) is 3.48. The molecule has 3 aliphatic rings. The van der Waals surface area contributed by atoms with Crippen LogP contribution in [-0.4, -0.2) is 0 Å². The van der Waals surface area contributed by atoms with E-state index in [1.165, 1.54) is 77.2 Å². The van der Waals surface area contributed by atoms with Gasteiger partial charge < -0.3 is 0 Å². The Balaban J connectivity index is 1.30. The molecule has 0 fully saturated rings. The summed E-state index contributed by atoms with van der Waals surface area (Å²) in [5, 5.41) is 5.41. The smallest absolute Gasteiger partial charge is 0.00294 e. The van der Waals surface area contributed by atoms with Crippen LogP contribution in [0.25, 0.3) is 56.0 Å². The summed E-state index contributed by atoms with van der Waals surface area (Å²) >= 11 is 0. The Morgan fingerprint density at radius 2 is 1.33 bits per heavy atom. The first kappa shape index (κ1) is 22.6. The highest BCUT2D eigenvalue weighted by Crippen LogP contribution is 2.46. The van der Waals surface area contributed by atoms with Crippen molar-refractivity contribution in [2.24, 2.45) is 0 Å². The minimum absolute atomic E-state index is 1.00. The molecule has 3 aliphatic carbocycles. The maximum atomic E-state index is 2.41. The van der Waals surface area contributed by atoms with E-state index in [-0.39, 0.29) is 0 Å². The van der Waals surface area contributed by atoms with Gasteiger partial charge in [-0.05, 0) is 115 Å². The van der Waals surface area contributed by atoms with Crippen molar-refractivity contribution >= 4 is 44.8 Å². The Morgan fingerprint density at radius 3 is 2.21 bits per heavy atom. The van der Waals surface area contributed by atoms with Gasteiger partial charge in [0.25, 0.3) is 0 Å². The lowest BCUT2D eigenvalue weighted by Crippen LogP contribution is -2.02. The monoisotopic (exact) mass is 498 g/mol. The van der Waals surface area contributed by atoms with Crippen molar-refractivity contribution in [1.82, 2.24) is 0 Å². The molecule has 5 aromatic rings. The van der Waals surface area contributed by atoms with Gasteiger partial charge in [-0.3, -0.25) is 0 Å². The second kappa shape index (κ2) is 9.10. The molecule has 186 valence electrons. The molecule has 0 bridgehead atoms. The van der Waals surface area contributed by atoms with Gasteiger partial charge in [0.05, 0.1) is 0 Å². The van der Waals surface area contributed by atoms with E-state index in [0.29, 0.717) is 0 Å². The molecule has 0 amide bonds. The standard InChI is InChI=1S/C39H30/c1-2-11-30-25-31(24-19-26(30)9-1)39-35-15-6-5-14-34(35)38(36-17-8-18-37(36)39)29-22-20-28(21-23-29)33-16-7-12-27-10-3-4-13-32(27)33/h2-8,10-16,18-20,22,24-25H,1,9,17,21,23H2. The van der Waals surface area contributed by atoms with E-state index in [2.05, 4.69) is 121 Å². The Hall–Kier alpha value is -4.42. The molecule has 0 unspecified atom stereocenters. The predicted molar refractivity (Wildman–Crippen MR) is 169 cm³/mol. The van der Waals surface area contributed by atoms with Crippen molar-refractivity contribution in [3.8, 4) is 11.1 Å². The molecule has 0 aromatic heterocycles. The summed E-state index contributed by atoms with van der Waals surface area (Å²) in [5.74, 6) is 0. The van der Waals surface area contributed by atoms with Crippen LogP contribution < -0.4 is 0 Å². The van der Waals surface area contributed by atoms with E-state index in [1.54, 1.807) is 0 Å². The van der Waals surface area contributed by atoms with Gasteiger partial charge >= 0.3 is 0 Å². The summed E-state index contributed by atoms with van der Waals surface area (Å²) in [6, 6.07) is 31.6. The molecule has 0 nitrogen and oxygen atoms in total. The van der Waals surface area contributed by atoms with Gasteiger partial charge in [-0.15, -0.1) is 0 Å². The molecule has 0 spiro atoms. The maximum Gasteiger partial charge on any atom is -0.00294 e. The van der Waals surface area contributed by atoms with Gasteiger partial charge in [-0.1, -0.05) is 115 Å².